The van der Waals surface area contributed by atoms with Crippen molar-refractivity contribution >= 4 is 12.4 Å². The molecular weight excluding hydrogens is 316 g/mol. The zero-order valence-corrected chi connectivity index (χ0v) is 17.7. The minimum absolute atomic E-state index is 0.104. The van der Waals surface area contributed by atoms with Gasteiger partial charge < -0.3 is 14.8 Å². The van der Waals surface area contributed by atoms with Gasteiger partial charge in [0.1, 0.15) is 13.2 Å². The number of aliphatic imine (C=N–C) groups is 1. The van der Waals surface area contributed by atoms with Crippen LogP contribution in [0.4, 0.5) is 0 Å². The van der Waals surface area contributed by atoms with Crippen LogP contribution in [0.1, 0.15) is 68.2 Å². The molecule has 0 unspecified atom stereocenters. The summed E-state index contributed by atoms with van der Waals surface area (Å²) in [6.45, 7) is 19.9. The molecule has 0 amide bonds. The summed E-state index contributed by atoms with van der Waals surface area (Å²) >= 11 is 0. The number of carbonyl (C=O) groups excluding carboxylic acids is 1. The average molecular weight is 357 g/mol. The highest BCUT2D eigenvalue weighted by Crippen LogP contribution is 2.33. The van der Waals surface area contributed by atoms with Crippen molar-refractivity contribution in [3.63, 3.8) is 0 Å². The Labute approximate surface area is 155 Å². The molecule has 0 saturated carbocycles. The first kappa shape index (κ1) is 23.9. The second kappa shape index (κ2) is 10.8. The van der Waals surface area contributed by atoms with E-state index in [1.54, 1.807) is 0 Å². The smallest absolute Gasteiger partial charge is 0.311 e. The number of ether oxygens (including phenoxy) is 2. The second-order valence-electron chi connectivity index (χ2n) is 9.70. The molecule has 0 aromatic heterocycles. The lowest BCUT2D eigenvalue weighted by molar-refractivity contribution is -0.155. The number of carbonyl (C=O) groups is 1. The first-order valence-electron chi connectivity index (χ1n) is 9.31. The molecule has 0 aromatic rings. The summed E-state index contributed by atoms with van der Waals surface area (Å²) < 4.78 is 10.7. The second-order valence-corrected chi connectivity index (χ2v) is 9.70. The van der Waals surface area contributed by atoms with Gasteiger partial charge in [0, 0.05) is 19.6 Å². The quantitative estimate of drug-likeness (QED) is 0.262. The van der Waals surface area contributed by atoms with Gasteiger partial charge in [-0.1, -0.05) is 41.5 Å². The first-order valence-corrected chi connectivity index (χ1v) is 9.31. The highest BCUT2D eigenvalue weighted by Gasteiger charge is 2.33. The van der Waals surface area contributed by atoms with E-state index in [0.29, 0.717) is 31.7 Å². The fourth-order valence-electron chi connectivity index (χ4n) is 2.62. The van der Waals surface area contributed by atoms with Gasteiger partial charge in [0.2, 0.25) is 0 Å². The van der Waals surface area contributed by atoms with Gasteiger partial charge >= 0.3 is 5.97 Å². The van der Waals surface area contributed by atoms with Crippen LogP contribution < -0.4 is 5.32 Å². The van der Waals surface area contributed by atoms with Gasteiger partial charge in [0.15, 0.2) is 6.40 Å². The van der Waals surface area contributed by atoms with E-state index in [9.17, 15) is 4.79 Å². The van der Waals surface area contributed by atoms with Crippen LogP contribution in [0, 0.1) is 16.2 Å². The normalized spacial score (nSPS) is 13.3. The summed E-state index contributed by atoms with van der Waals surface area (Å²) in [4.78, 5) is 16.4. The predicted molar refractivity (Wildman–Crippen MR) is 105 cm³/mol. The van der Waals surface area contributed by atoms with E-state index >= 15 is 0 Å². The molecule has 0 heterocycles. The molecule has 5 heteroatoms. The van der Waals surface area contributed by atoms with Gasteiger partial charge in [-0.2, -0.15) is 0 Å². The lowest BCUT2D eigenvalue weighted by Crippen LogP contribution is -2.33. The zero-order valence-electron chi connectivity index (χ0n) is 17.7. The topological polar surface area (TPSA) is 59.9 Å². The van der Waals surface area contributed by atoms with Crippen LogP contribution in [0.25, 0.3) is 0 Å². The Hall–Kier alpha value is -1.10. The highest BCUT2D eigenvalue weighted by molar-refractivity contribution is 5.75. The molecule has 0 aromatic carbocycles. The standard InChI is InChI=1S/C20H40N2O3/c1-18(2,3)9-10-22-16-24-13-11-21-12-14-25-17(23)20(7,8)15-19(4,5)6/h16,21H,9-15H2,1-8H3/b22-16-. The van der Waals surface area contributed by atoms with E-state index in [2.05, 4.69) is 51.9 Å². The number of esters is 1. The van der Waals surface area contributed by atoms with E-state index in [1.165, 1.54) is 6.40 Å². The number of rotatable bonds is 11. The maximum absolute atomic E-state index is 12.2. The maximum atomic E-state index is 12.2. The summed E-state index contributed by atoms with van der Waals surface area (Å²) in [5.41, 5.74) is -0.0464. The Morgan fingerprint density at radius 2 is 1.56 bits per heavy atom. The van der Waals surface area contributed by atoms with Crippen molar-refractivity contribution in [2.75, 3.05) is 32.8 Å². The molecule has 0 spiro atoms. The van der Waals surface area contributed by atoms with Crippen molar-refractivity contribution in [1.29, 1.82) is 0 Å². The van der Waals surface area contributed by atoms with Gasteiger partial charge in [-0.3, -0.25) is 9.79 Å². The molecule has 0 aliphatic heterocycles. The number of nitrogens with one attached hydrogen (secondary N) is 1. The SMILES string of the molecule is CC(C)(C)CC/N=C\OCCNCCOC(=O)C(C)(C)CC(C)(C)C. The zero-order chi connectivity index (χ0) is 19.6. The molecule has 0 radical (unpaired) electrons. The third kappa shape index (κ3) is 14.9. The molecule has 25 heavy (non-hydrogen) atoms. The third-order valence-corrected chi connectivity index (χ3v) is 3.57. The lowest BCUT2D eigenvalue weighted by Gasteiger charge is -2.30. The number of hydrogen-bond donors (Lipinski definition) is 1. The molecular formula is C20H40N2O3. The van der Waals surface area contributed by atoms with Crippen molar-refractivity contribution < 1.29 is 14.3 Å². The van der Waals surface area contributed by atoms with Crippen LogP contribution in [0.5, 0.6) is 0 Å². The largest absolute Gasteiger partial charge is 0.482 e. The van der Waals surface area contributed by atoms with Crippen LogP contribution in [-0.4, -0.2) is 45.2 Å². The molecule has 0 fully saturated rings. The van der Waals surface area contributed by atoms with Gasteiger partial charge in [0.25, 0.3) is 0 Å². The van der Waals surface area contributed by atoms with Gasteiger partial charge in [-0.15, -0.1) is 0 Å². The minimum atomic E-state index is -0.453. The highest BCUT2D eigenvalue weighted by atomic mass is 16.5. The molecule has 148 valence electrons. The third-order valence-electron chi connectivity index (χ3n) is 3.57. The lowest BCUT2D eigenvalue weighted by atomic mass is 9.76. The number of hydrogen-bond acceptors (Lipinski definition) is 5. The predicted octanol–water partition coefficient (Wildman–Crippen LogP) is 4.06. The summed E-state index contributed by atoms with van der Waals surface area (Å²) in [6.07, 6.45) is 3.37. The minimum Gasteiger partial charge on any atom is -0.482 e. The van der Waals surface area contributed by atoms with E-state index in [1.807, 2.05) is 13.8 Å². The van der Waals surface area contributed by atoms with Crippen molar-refractivity contribution in [3.05, 3.63) is 0 Å². The molecule has 0 aliphatic carbocycles. The average Bonchev–Trinajstić information content (AvgIpc) is 2.40. The Morgan fingerprint density at radius 3 is 2.12 bits per heavy atom. The fourth-order valence-corrected chi connectivity index (χ4v) is 2.62. The Balaban J connectivity index is 3.67. The molecule has 0 saturated heterocycles. The van der Waals surface area contributed by atoms with E-state index in [0.717, 1.165) is 19.4 Å². The van der Waals surface area contributed by atoms with Gasteiger partial charge in [0.05, 0.1) is 5.41 Å². The Morgan fingerprint density at radius 1 is 0.960 bits per heavy atom. The molecule has 0 rings (SSSR count). The first-order chi connectivity index (χ1) is 11.3. The van der Waals surface area contributed by atoms with E-state index < -0.39 is 5.41 Å². The molecule has 0 aliphatic rings. The van der Waals surface area contributed by atoms with Crippen LogP contribution in [-0.2, 0) is 14.3 Å². The van der Waals surface area contributed by atoms with Crippen molar-refractivity contribution in [2.45, 2.75) is 68.2 Å². The van der Waals surface area contributed by atoms with Crippen molar-refractivity contribution in [2.24, 2.45) is 21.2 Å². The molecule has 1 N–H and O–H groups in total. The van der Waals surface area contributed by atoms with Crippen LogP contribution in [0.2, 0.25) is 0 Å². The van der Waals surface area contributed by atoms with Gasteiger partial charge in [-0.25, -0.2) is 0 Å². The van der Waals surface area contributed by atoms with E-state index in [-0.39, 0.29) is 11.4 Å². The van der Waals surface area contributed by atoms with Gasteiger partial charge in [-0.05, 0) is 37.5 Å². The molecule has 5 nitrogen and oxygen atoms in total. The summed E-state index contributed by atoms with van der Waals surface area (Å²) in [5.74, 6) is -0.133. The molecule has 0 atom stereocenters. The van der Waals surface area contributed by atoms with Crippen LogP contribution in [0.15, 0.2) is 4.99 Å². The maximum Gasteiger partial charge on any atom is 0.311 e. The van der Waals surface area contributed by atoms with Crippen LogP contribution >= 0.6 is 0 Å². The van der Waals surface area contributed by atoms with Crippen LogP contribution in [0.3, 0.4) is 0 Å². The van der Waals surface area contributed by atoms with Crippen molar-refractivity contribution in [1.82, 2.24) is 5.32 Å². The summed E-state index contributed by atoms with van der Waals surface area (Å²) in [6, 6.07) is 0. The monoisotopic (exact) mass is 356 g/mol. The number of nitrogens with zero attached hydrogens (tertiary/aromatic N) is 1. The Kier molecular flexibility index (Phi) is 10.3. The Bertz CT molecular complexity index is 404. The summed E-state index contributed by atoms with van der Waals surface area (Å²) in [5, 5.41) is 3.19. The fraction of sp³-hybridized carbons (Fsp3) is 0.900. The van der Waals surface area contributed by atoms with E-state index in [4.69, 9.17) is 9.47 Å². The van der Waals surface area contributed by atoms with Crippen molar-refractivity contribution in [3.8, 4) is 0 Å². The summed E-state index contributed by atoms with van der Waals surface area (Å²) in [7, 11) is 0. The molecule has 0 bridgehead atoms.